The number of rotatable bonds is 12. The molecule has 0 unspecified atom stereocenters. The fourth-order valence-corrected chi connectivity index (χ4v) is 1.77. The van der Waals surface area contributed by atoms with Gasteiger partial charge in [-0.2, -0.15) is 0 Å². The molecule has 0 radical (unpaired) electrons. The van der Waals surface area contributed by atoms with Gasteiger partial charge in [-0.1, -0.05) is 56.1 Å². The van der Waals surface area contributed by atoms with Gasteiger partial charge in [-0.05, 0) is 25.7 Å². The Bertz CT molecular complexity index is 672. The molecule has 4 nitrogen and oxygen atoms in total. The van der Waals surface area contributed by atoms with Crippen LogP contribution < -0.4 is 0 Å². The molecule has 0 saturated carbocycles. The van der Waals surface area contributed by atoms with Gasteiger partial charge in [0.05, 0.1) is 21.4 Å². The topological polar surface area (TPSA) is 59.1 Å². The highest BCUT2D eigenvalue weighted by Gasteiger charge is 2.33. The van der Waals surface area contributed by atoms with E-state index in [1.807, 2.05) is 6.92 Å². The lowest BCUT2D eigenvalue weighted by molar-refractivity contribution is -0.140. The largest absolute Gasteiger partial charge is 0.469 e. The van der Waals surface area contributed by atoms with Crippen LogP contribution in [0.4, 0.5) is 0 Å². The van der Waals surface area contributed by atoms with Gasteiger partial charge in [-0.3, -0.25) is 4.79 Å². The van der Waals surface area contributed by atoms with E-state index in [1.54, 1.807) is 0 Å². The van der Waals surface area contributed by atoms with Crippen molar-refractivity contribution in [3.8, 4) is 0 Å². The zero-order valence-corrected chi connectivity index (χ0v) is 13.9. The van der Waals surface area contributed by atoms with Crippen molar-refractivity contribution in [3.63, 3.8) is 0 Å². The van der Waals surface area contributed by atoms with Gasteiger partial charge < -0.3 is 14.6 Å². The number of hydrogen-bond donors (Lipinski definition) is 1. The van der Waals surface area contributed by atoms with Crippen molar-refractivity contribution in [1.82, 2.24) is 0 Å². The summed E-state index contributed by atoms with van der Waals surface area (Å²) in [6.45, 7) is 2.05. The summed E-state index contributed by atoms with van der Waals surface area (Å²) < 4.78 is 57.2. The van der Waals surface area contributed by atoms with Crippen LogP contribution in [0, 0.1) is 0 Å². The molecule has 0 aromatic heterocycles. The van der Waals surface area contributed by atoms with E-state index in [0.717, 1.165) is 25.3 Å². The lowest BCUT2D eigenvalue weighted by Gasteiger charge is -1.98. The van der Waals surface area contributed by atoms with Gasteiger partial charge in [-0.25, -0.2) is 0 Å². The Morgan fingerprint density at radius 2 is 2.09 bits per heavy atom. The summed E-state index contributed by atoms with van der Waals surface area (Å²) in [6, 6.07) is -1.52. The minimum atomic E-state index is -2.73. The van der Waals surface area contributed by atoms with Gasteiger partial charge in [-0.15, -0.1) is 0 Å². The average Bonchev–Trinajstić information content (AvgIpc) is 3.45. The van der Waals surface area contributed by atoms with Gasteiger partial charge in [0, 0.05) is 6.42 Å². The van der Waals surface area contributed by atoms with Crippen molar-refractivity contribution >= 4 is 5.97 Å². The molecule has 3 atom stereocenters. The second-order valence-electron chi connectivity index (χ2n) is 5.19. The molecular weight excluding hydrogens is 292 g/mol. The molecular formula is C19H30O4. The number of methoxy groups -OCH3 is 1. The molecule has 1 fully saturated rings. The number of aliphatic hydroxyl groups is 1. The van der Waals surface area contributed by atoms with E-state index in [2.05, 4.69) is 4.74 Å². The number of ether oxygens (including phenoxy) is 2. The van der Waals surface area contributed by atoms with Crippen LogP contribution >= 0.6 is 0 Å². The van der Waals surface area contributed by atoms with Crippen molar-refractivity contribution in [1.29, 1.82) is 0 Å². The second kappa shape index (κ2) is 12.1. The Labute approximate surface area is 148 Å². The maximum absolute atomic E-state index is 11.1. The van der Waals surface area contributed by atoms with Gasteiger partial charge in [0.1, 0.15) is 12.2 Å². The molecule has 130 valence electrons. The normalized spacial score (nSPS) is 29.4. The lowest BCUT2D eigenvalue weighted by Crippen LogP contribution is -1.99. The summed E-state index contributed by atoms with van der Waals surface area (Å²) in [5, 5.41) is 10.2. The molecule has 0 spiro atoms. The maximum atomic E-state index is 11.1. The molecule has 0 amide bonds. The molecule has 0 aromatic carbocycles. The van der Waals surface area contributed by atoms with E-state index >= 15 is 0 Å². The van der Waals surface area contributed by atoms with Crippen LogP contribution in [0.15, 0.2) is 36.3 Å². The molecule has 0 bridgehead atoms. The summed E-state index contributed by atoms with van der Waals surface area (Å²) in [7, 11) is 1.25. The van der Waals surface area contributed by atoms with E-state index in [9.17, 15) is 9.90 Å². The number of hydrogen-bond acceptors (Lipinski definition) is 4. The van der Waals surface area contributed by atoms with Crippen LogP contribution in [-0.2, 0) is 14.3 Å². The van der Waals surface area contributed by atoms with Crippen molar-refractivity contribution in [3.05, 3.63) is 36.3 Å². The quantitative estimate of drug-likeness (QED) is 0.256. The van der Waals surface area contributed by atoms with Crippen LogP contribution in [0.1, 0.15) is 60.1 Å². The fourth-order valence-electron chi connectivity index (χ4n) is 1.77. The molecule has 1 aliphatic rings. The highest BCUT2D eigenvalue weighted by atomic mass is 16.6. The molecule has 1 aliphatic heterocycles. The van der Waals surface area contributed by atoms with Crippen LogP contribution in [-0.4, -0.2) is 36.5 Å². The van der Waals surface area contributed by atoms with Crippen molar-refractivity contribution in [2.45, 2.75) is 70.2 Å². The summed E-state index contributed by atoms with van der Waals surface area (Å²) >= 11 is 0. The third kappa shape index (κ3) is 10.1. The first-order valence-corrected chi connectivity index (χ1v) is 8.02. The monoisotopic (exact) mass is 334 g/mol. The van der Waals surface area contributed by atoms with E-state index in [-0.39, 0.29) is 37.4 Å². The van der Waals surface area contributed by atoms with Gasteiger partial charge in [0.15, 0.2) is 0 Å². The highest BCUT2D eigenvalue weighted by Crippen LogP contribution is 2.25. The first-order chi connectivity index (χ1) is 13.6. The molecule has 1 saturated heterocycles. The van der Waals surface area contributed by atoms with E-state index in [4.69, 9.17) is 13.0 Å². The first-order valence-electron chi connectivity index (χ1n) is 11.0. The van der Waals surface area contributed by atoms with Crippen molar-refractivity contribution in [2.75, 3.05) is 7.11 Å². The van der Waals surface area contributed by atoms with Gasteiger partial charge in [0.25, 0.3) is 0 Å². The predicted molar refractivity (Wildman–Crippen MR) is 92.1 cm³/mol. The standard InChI is InChI=1S/C19H30O4/c1-3-4-5-6-9-12-17-18(23-17)15-14-16(20)11-8-7-10-13-19(21)22-2/h8-9,11-12,14-18,20H,3-7,10,13H2,1-2H3/b11-8-,12-9-,15-14+/t16-,17+,18+/m1/s1/i8T,9T,11T,12T,14T,16T. The molecule has 4 heteroatoms. The summed E-state index contributed by atoms with van der Waals surface area (Å²) in [4.78, 5) is 11.1. The Kier molecular flexibility index (Phi) is 6.33. The Morgan fingerprint density at radius 1 is 1.30 bits per heavy atom. The van der Waals surface area contributed by atoms with Crippen LogP contribution in [0.5, 0.6) is 0 Å². The van der Waals surface area contributed by atoms with E-state index in [1.165, 1.54) is 7.11 Å². The molecule has 1 heterocycles. The summed E-state index contributed by atoms with van der Waals surface area (Å²) in [6.07, 6.45) is 0.571. The fraction of sp³-hybridized carbons (Fsp3) is 0.632. The number of allylic oxidation sites excluding steroid dienone is 2. The highest BCUT2D eigenvalue weighted by molar-refractivity contribution is 5.69. The van der Waals surface area contributed by atoms with Gasteiger partial charge in [0.2, 0.25) is 0 Å². The van der Waals surface area contributed by atoms with Crippen LogP contribution in [0.3, 0.4) is 0 Å². The minimum Gasteiger partial charge on any atom is -0.469 e. The Balaban J connectivity index is 2.74. The number of epoxide rings is 1. The average molecular weight is 334 g/mol. The van der Waals surface area contributed by atoms with Gasteiger partial charge >= 0.3 is 5.97 Å². The molecule has 1 rings (SSSR count). The molecule has 23 heavy (non-hydrogen) atoms. The van der Waals surface area contributed by atoms with E-state index < -0.39 is 36.4 Å². The zero-order chi connectivity index (χ0) is 22.2. The molecule has 0 aliphatic carbocycles. The van der Waals surface area contributed by atoms with Crippen LogP contribution in [0.25, 0.3) is 0 Å². The number of esters is 1. The molecule has 0 aromatic rings. The van der Waals surface area contributed by atoms with Crippen molar-refractivity contribution < 1.29 is 27.6 Å². The second-order valence-corrected chi connectivity index (χ2v) is 5.19. The van der Waals surface area contributed by atoms with Crippen LogP contribution in [0.2, 0.25) is 0 Å². The van der Waals surface area contributed by atoms with Crippen molar-refractivity contribution in [2.24, 2.45) is 0 Å². The number of carbonyl (C=O) groups excluding carboxylic acids is 1. The zero-order valence-electron chi connectivity index (χ0n) is 19.9. The summed E-state index contributed by atoms with van der Waals surface area (Å²) in [5.41, 5.74) is 0. The Hall–Kier alpha value is -1.39. The third-order valence-corrected chi connectivity index (χ3v) is 3.18. The number of carbonyl (C=O) groups is 1. The smallest absolute Gasteiger partial charge is 0.305 e. The third-order valence-electron chi connectivity index (χ3n) is 3.18. The lowest BCUT2D eigenvalue weighted by atomic mass is 10.1. The first kappa shape index (κ1) is 12.0. The summed E-state index contributed by atoms with van der Waals surface area (Å²) in [5.74, 6) is -0.453. The minimum absolute atomic E-state index is 0.00940. The number of unbranched alkanes of at least 4 members (excludes halogenated alkanes) is 2. The van der Waals surface area contributed by atoms with E-state index in [0.29, 0.717) is 6.42 Å². The Morgan fingerprint density at radius 3 is 2.83 bits per heavy atom. The SMILES string of the molecule is [3H]/C(CCCCC)=C(\[3H])[C@@H]1O[C@H]1/C=C(\[3H])[C@]([3H])(O)/C([3H])=C(/[3H])CCCC(=O)OC. The molecule has 1 N–H and O–H groups in total. The predicted octanol–water partition coefficient (Wildman–Crippen LogP) is 3.71. The maximum Gasteiger partial charge on any atom is 0.305 e.